The fraction of sp³-hybridized carbons (Fsp3) is 0.323. The average molecular weight is 601 g/mol. The summed E-state index contributed by atoms with van der Waals surface area (Å²) >= 11 is 9.16. The number of ether oxygens (including phenoxy) is 1. The molecule has 4 nitrogen and oxygen atoms in total. The lowest BCUT2D eigenvalue weighted by Crippen LogP contribution is -2.44. The molecule has 1 saturated carbocycles. The molecule has 0 spiro atoms. The number of nitrogens with one attached hydrogen (secondary N) is 1. The van der Waals surface area contributed by atoms with Gasteiger partial charge in [-0.3, -0.25) is 4.79 Å². The zero-order valence-electron chi connectivity index (χ0n) is 22.6. The van der Waals surface area contributed by atoms with Crippen LogP contribution in [-0.4, -0.2) is 43.3 Å². The first-order valence-electron chi connectivity index (χ1n) is 13.2. The van der Waals surface area contributed by atoms with E-state index in [2.05, 4.69) is 29.6 Å². The Hall–Kier alpha value is -2.65. The summed E-state index contributed by atoms with van der Waals surface area (Å²) in [5.74, 6) is -0.884. The Morgan fingerprint density at radius 1 is 1.07 bits per heavy atom. The minimum Gasteiger partial charge on any atom is -0.496 e. The zero-order chi connectivity index (χ0) is 28.4. The predicted molar refractivity (Wildman–Crippen MR) is 162 cm³/mol. The molecule has 0 saturated heterocycles. The molecule has 0 radical (unpaired) electrons. The maximum atomic E-state index is 14.7. The van der Waals surface area contributed by atoms with Gasteiger partial charge in [-0.05, 0) is 86.5 Å². The van der Waals surface area contributed by atoms with Crippen molar-refractivity contribution in [3.8, 4) is 16.9 Å². The van der Waals surface area contributed by atoms with E-state index in [9.17, 15) is 13.6 Å². The molecule has 0 aliphatic heterocycles. The summed E-state index contributed by atoms with van der Waals surface area (Å²) in [6.45, 7) is 0.280. The largest absolute Gasteiger partial charge is 0.496 e. The van der Waals surface area contributed by atoms with Gasteiger partial charge in [-0.15, -0.1) is 23.1 Å². The van der Waals surface area contributed by atoms with Crippen LogP contribution in [0.1, 0.15) is 40.9 Å². The summed E-state index contributed by atoms with van der Waals surface area (Å²) in [6.07, 6.45) is 5.50. The van der Waals surface area contributed by atoms with Crippen molar-refractivity contribution in [3.05, 3.63) is 81.7 Å². The van der Waals surface area contributed by atoms with Crippen molar-refractivity contribution in [3.63, 3.8) is 0 Å². The fourth-order valence-corrected chi connectivity index (χ4v) is 7.44. The lowest BCUT2D eigenvalue weighted by atomic mass is 9.89. The van der Waals surface area contributed by atoms with E-state index in [1.54, 1.807) is 18.9 Å². The highest BCUT2D eigenvalue weighted by molar-refractivity contribution is 7.98. The lowest BCUT2D eigenvalue weighted by molar-refractivity contribution is 0.0604. The normalized spacial score (nSPS) is 17.2. The van der Waals surface area contributed by atoms with Crippen LogP contribution in [0.2, 0.25) is 5.02 Å². The van der Waals surface area contributed by atoms with E-state index in [-0.39, 0.29) is 38.5 Å². The van der Waals surface area contributed by atoms with E-state index in [0.29, 0.717) is 11.8 Å². The first-order valence-corrected chi connectivity index (χ1v) is 15.6. The summed E-state index contributed by atoms with van der Waals surface area (Å²) < 4.78 is 35.0. The van der Waals surface area contributed by atoms with Crippen LogP contribution < -0.4 is 10.1 Å². The zero-order valence-corrected chi connectivity index (χ0v) is 25.0. The summed E-state index contributed by atoms with van der Waals surface area (Å²) in [4.78, 5) is 17.3. The Kier molecular flexibility index (Phi) is 9.00. The van der Waals surface area contributed by atoms with Crippen LogP contribution in [0.5, 0.6) is 5.75 Å². The third-order valence-corrected chi connectivity index (χ3v) is 10.1. The minimum atomic E-state index is -0.639. The maximum Gasteiger partial charge on any atom is 0.266 e. The predicted octanol–water partition coefficient (Wildman–Crippen LogP) is 8.40. The number of halogens is 3. The van der Waals surface area contributed by atoms with E-state index < -0.39 is 11.6 Å². The van der Waals surface area contributed by atoms with Gasteiger partial charge in [-0.1, -0.05) is 29.8 Å². The van der Waals surface area contributed by atoms with Crippen molar-refractivity contribution in [2.45, 2.75) is 49.2 Å². The second-order valence-corrected chi connectivity index (χ2v) is 12.2. The first kappa shape index (κ1) is 28.9. The van der Waals surface area contributed by atoms with Crippen LogP contribution in [0.15, 0.2) is 59.5 Å². The number of thioether (sulfide) groups is 1. The molecule has 1 heterocycles. The molecule has 1 N–H and O–H groups in total. The van der Waals surface area contributed by atoms with Crippen molar-refractivity contribution < 1.29 is 18.3 Å². The number of hydrogen-bond donors (Lipinski definition) is 1. The van der Waals surface area contributed by atoms with Gasteiger partial charge in [0, 0.05) is 29.1 Å². The van der Waals surface area contributed by atoms with Gasteiger partial charge < -0.3 is 15.0 Å². The van der Waals surface area contributed by atoms with Gasteiger partial charge >= 0.3 is 0 Å². The highest BCUT2D eigenvalue weighted by Gasteiger charge is 2.33. The fourth-order valence-electron chi connectivity index (χ4n) is 5.48. The van der Waals surface area contributed by atoms with Crippen molar-refractivity contribution in [1.82, 2.24) is 10.2 Å². The third-order valence-electron chi connectivity index (χ3n) is 7.71. The number of fused-ring (bicyclic) bond motifs is 1. The van der Waals surface area contributed by atoms with Gasteiger partial charge in [0.15, 0.2) is 0 Å². The molecule has 40 heavy (non-hydrogen) atoms. The number of carbonyl (C=O) groups excluding carboxylic acids is 1. The van der Waals surface area contributed by atoms with Crippen LogP contribution >= 0.6 is 34.7 Å². The molecule has 3 aromatic carbocycles. The molecule has 1 fully saturated rings. The molecule has 9 heteroatoms. The lowest BCUT2D eigenvalue weighted by Gasteiger charge is -2.37. The summed E-state index contributed by atoms with van der Waals surface area (Å²) in [6, 6.07) is 16.8. The average Bonchev–Trinajstić information content (AvgIpc) is 3.35. The molecule has 0 atom stereocenters. The monoisotopic (exact) mass is 600 g/mol. The Morgan fingerprint density at radius 3 is 2.48 bits per heavy atom. The maximum absolute atomic E-state index is 14.7. The van der Waals surface area contributed by atoms with Crippen molar-refractivity contribution >= 4 is 50.7 Å². The SMILES string of the molecule is CN[C@H]1CC[C@@H](N(Cc2cc(-c3cccc(SC)c3)ccc2OC)C(=O)c2sc3c(F)ccc(F)c3c2Cl)CC1. The van der Waals surface area contributed by atoms with Gasteiger partial charge in [0.1, 0.15) is 22.3 Å². The highest BCUT2D eigenvalue weighted by atomic mass is 35.5. The Morgan fingerprint density at radius 2 is 1.80 bits per heavy atom. The van der Waals surface area contributed by atoms with Gasteiger partial charge in [0.05, 0.1) is 22.2 Å². The van der Waals surface area contributed by atoms with E-state index in [1.165, 1.54) is 0 Å². The standard InChI is InChI=1S/C31H31ClF2N2O2S2/c1-35-21-8-10-22(11-9-21)36(31(37)30-28(32)27-24(33)12-13-25(34)29(27)40-30)17-20-15-19(7-14-26(20)38-2)18-5-4-6-23(16-18)39-3/h4-7,12-16,21-22,35H,8-11,17H2,1-3H3/t21-,22+. The number of hydrogen-bond acceptors (Lipinski definition) is 5. The molecule has 1 aromatic heterocycles. The van der Waals surface area contributed by atoms with Crippen molar-refractivity contribution in [2.75, 3.05) is 20.4 Å². The quantitative estimate of drug-likeness (QED) is 0.206. The third kappa shape index (κ3) is 5.73. The van der Waals surface area contributed by atoms with E-state index in [4.69, 9.17) is 16.3 Å². The Labute approximate surface area is 246 Å². The molecule has 0 bridgehead atoms. The van der Waals surface area contributed by atoms with Crippen molar-refractivity contribution in [2.24, 2.45) is 0 Å². The van der Waals surface area contributed by atoms with Gasteiger partial charge in [0.2, 0.25) is 0 Å². The molecule has 5 rings (SSSR count). The second kappa shape index (κ2) is 12.5. The summed E-state index contributed by atoms with van der Waals surface area (Å²) in [7, 11) is 3.57. The molecule has 1 amide bonds. The minimum absolute atomic E-state index is 0.0366. The number of nitrogens with zero attached hydrogens (tertiary/aromatic N) is 1. The van der Waals surface area contributed by atoms with Crippen LogP contribution in [0, 0.1) is 11.6 Å². The smallest absolute Gasteiger partial charge is 0.266 e. The second-order valence-electron chi connectivity index (χ2n) is 9.96. The van der Waals surface area contributed by atoms with Crippen molar-refractivity contribution in [1.29, 1.82) is 0 Å². The van der Waals surface area contributed by atoms with Gasteiger partial charge in [-0.2, -0.15) is 0 Å². The molecular formula is C31H31ClF2N2O2S2. The Bertz CT molecular complexity index is 1540. The molecule has 0 unspecified atom stereocenters. The van der Waals surface area contributed by atoms with E-state index in [0.717, 1.165) is 70.7 Å². The number of methoxy groups -OCH3 is 1. The van der Waals surface area contributed by atoms with Gasteiger partial charge in [0.25, 0.3) is 5.91 Å². The van der Waals surface area contributed by atoms with E-state index in [1.807, 2.05) is 36.4 Å². The molecular weight excluding hydrogens is 570 g/mol. The number of amides is 1. The van der Waals surface area contributed by atoms with E-state index >= 15 is 0 Å². The summed E-state index contributed by atoms with van der Waals surface area (Å²) in [5, 5.41) is 3.26. The van der Waals surface area contributed by atoms with Gasteiger partial charge in [-0.25, -0.2) is 8.78 Å². The van der Waals surface area contributed by atoms with Crippen LogP contribution in [0.3, 0.4) is 0 Å². The molecule has 1 aliphatic rings. The number of benzene rings is 3. The topological polar surface area (TPSA) is 41.6 Å². The number of rotatable bonds is 8. The van der Waals surface area contributed by atoms with Crippen LogP contribution in [0.4, 0.5) is 8.78 Å². The van der Waals surface area contributed by atoms with Crippen LogP contribution in [-0.2, 0) is 6.54 Å². The molecule has 210 valence electrons. The highest BCUT2D eigenvalue weighted by Crippen LogP contribution is 2.40. The molecule has 4 aromatic rings. The first-order chi connectivity index (χ1) is 19.3. The number of thiophene rings is 1. The number of carbonyl (C=O) groups is 1. The Balaban J connectivity index is 1.56. The summed E-state index contributed by atoms with van der Waals surface area (Å²) in [5.41, 5.74) is 2.94. The van der Waals surface area contributed by atoms with Crippen LogP contribution in [0.25, 0.3) is 21.2 Å². The molecule has 1 aliphatic carbocycles.